The molecule has 0 spiro atoms. The normalized spacial score (nSPS) is 13.1. The number of carbonyl (C=O) groups is 1. The highest BCUT2D eigenvalue weighted by atomic mass is 16.5. The van der Waals surface area contributed by atoms with Gasteiger partial charge < -0.3 is 19.4 Å². The molecule has 0 fully saturated rings. The van der Waals surface area contributed by atoms with Gasteiger partial charge in [0.25, 0.3) is 5.91 Å². The number of nitrogens with zero attached hydrogens (tertiary/aromatic N) is 2. The van der Waals surface area contributed by atoms with E-state index in [9.17, 15) is 4.79 Å². The van der Waals surface area contributed by atoms with E-state index >= 15 is 0 Å². The summed E-state index contributed by atoms with van der Waals surface area (Å²) in [6.07, 6.45) is 6.05. The van der Waals surface area contributed by atoms with E-state index in [2.05, 4.69) is 10.3 Å². The van der Waals surface area contributed by atoms with Crippen LogP contribution in [-0.2, 0) is 0 Å². The Bertz CT molecular complexity index is 891. The maximum absolute atomic E-state index is 12.7. The van der Waals surface area contributed by atoms with E-state index in [0.29, 0.717) is 36.0 Å². The van der Waals surface area contributed by atoms with E-state index < -0.39 is 0 Å². The zero-order chi connectivity index (χ0) is 17.1. The second kappa shape index (κ2) is 6.68. The summed E-state index contributed by atoms with van der Waals surface area (Å²) in [5.74, 6) is 1.07. The Balaban J connectivity index is 1.60. The lowest BCUT2D eigenvalue weighted by Gasteiger charge is -2.13. The highest BCUT2D eigenvalue weighted by molar-refractivity contribution is 6.05. The first-order valence-corrected chi connectivity index (χ1v) is 8.09. The van der Waals surface area contributed by atoms with Crippen molar-refractivity contribution in [2.24, 2.45) is 0 Å². The van der Waals surface area contributed by atoms with Gasteiger partial charge >= 0.3 is 0 Å². The summed E-state index contributed by atoms with van der Waals surface area (Å²) in [5.41, 5.74) is 2.07. The van der Waals surface area contributed by atoms with Gasteiger partial charge in [0.15, 0.2) is 11.5 Å². The quantitative estimate of drug-likeness (QED) is 0.798. The first-order valence-electron chi connectivity index (χ1n) is 8.09. The van der Waals surface area contributed by atoms with Crippen molar-refractivity contribution in [3.8, 4) is 17.2 Å². The average molecular weight is 335 g/mol. The molecule has 0 radical (unpaired) electrons. The molecule has 2 heterocycles. The Morgan fingerprint density at radius 2 is 1.92 bits per heavy atom. The molecule has 1 aliphatic heterocycles. The fourth-order valence-electron chi connectivity index (χ4n) is 2.71. The van der Waals surface area contributed by atoms with Gasteiger partial charge in [-0.05, 0) is 30.3 Å². The van der Waals surface area contributed by atoms with Crippen LogP contribution in [-0.4, -0.2) is 28.7 Å². The minimum absolute atomic E-state index is 0.205. The van der Waals surface area contributed by atoms with Gasteiger partial charge in [0, 0.05) is 24.4 Å². The number of anilines is 1. The van der Waals surface area contributed by atoms with Crippen molar-refractivity contribution < 1.29 is 14.3 Å². The molecule has 2 aromatic carbocycles. The van der Waals surface area contributed by atoms with Crippen LogP contribution in [0.5, 0.6) is 11.5 Å². The van der Waals surface area contributed by atoms with E-state index in [-0.39, 0.29) is 5.91 Å². The van der Waals surface area contributed by atoms with E-state index in [1.807, 2.05) is 35.0 Å². The third kappa shape index (κ3) is 3.19. The lowest BCUT2D eigenvalue weighted by molar-refractivity contribution is 0.102. The van der Waals surface area contributed by atoms with Crippen LogP contribution in [0.1, 0.15) is 16.8 Å². The number of nitrogens with one attached hydrogen (secondary N) is 1. The highest BCUT2D eigenvalue weighted by Crippen LogP contribution is 2.31. The number of imidazole rings is 1. The molecule has 0 saturated heterocycles. The topological polar surface area (TPSA) is 65.4 Å². The van der Waals surface area contributed by atoms with Gasteiger partial charge in [0.05, 0.1) is 30.9 Å². The van der Waals surface area contributed by atoms with E-state index in [1.54, 1.807) is 30.7 Å². The zero-order valence-electron chi connectivity index (χ0n) is 13.5. The van der Waals surface area contributed by atoms with Crippen molar-refractivity contribution in [3.63, 3.8) is 0 Å². The highest BCUT2D eigenvalue weighted by Gasteiger charge is 2.15. The molecule has 0 atom stereocenters. The number of para-hydroxylation sites is 2. The number of ether oxygens (including phenoxy) is 2. The third-order valence-corrected chi connectivity index (χ3v) is 3.94. The Morgan fingerprint density at radius 1 is 1.08 bits per heavy atom. The second-order valence-corrected chi connectivity index (χ2v) is 5.65. The van der Waals surface area contributed by atoms with Crippen LogP contribution >= 0.6 is 0 Å². The van der Waals surface area contributed by atoms with Gasteiger partial charge in [0.1, 0.15) is 0 Å². The lowest BCUT2D eigenvalue weighted by atomic mass is 10.1. The molecule has 1 N–H and O–H groups in total. The summed E-state index contributed by atoms with van der Waals surface area (Å²) in [6.45, 7) is 1.21. The number of benzene rings is 2. The van der Waals surface area contributed by atoms with Gasteiger partial charge in [0.2, 0.25) is 0 Å². The monoisotopic (exact) mass is 335 g/mol. The molecule has 6 heteroatoms. The van der Waals surface area contributed by atoms with Gasteiger partial charge in [-0.25, -0.2) is 4.98 Å². The van der Waals surface area contributed by atoms with Crippen LogP contribution in [0.4, 0.5) is 5.69 Å². The molecular formula is C19H17N3O3. The van der Waals surface area contributed by atoms with Crippen LogP contribution < -0.4 is 14.8 Å². The van der Waals surface area contributed by atoms with Crippen molar-refractivity contribution in [3.05, 3.63) is 66.7 Å². The number of carbonyl (C=O) groups excluding carboxylic acids is 1. The summed E-state index contributed by atoms with van der Waals surface area (Å²) in [6, 6.07) is 12.8. The van der Waals surface area contributed by atoms with Gasteiger partial charge in [-0.15, -0.1) is 0 Å². The molecule has 1 aliphatic rings. The molecule has 0 saturated carbocycles. The van der Waals surface area contributed by atoms with E-state index in [0.717, 1.165) is 12.1 Å². The van der Waals surface area contributed by atoms with E-state index in [4.69, 9.17) is 9.47 Å². The number of fused-ring (bicyclic) bond motifs is 1. The summed E-state index contributed by atoms with van der Waals surface area (Å²) < 4.78 is 13.1. The second-order valence-electron chi connectivity index (χ2n) is 5.65. The predicted molar refractivity (Wildman–Crippen MR) is 93.6 cm³/mol. The average Bonchev–Trinajstić information content (AvgIpc) is 3.07. The van der Waals surface area contributed by atoms with Crippen LogP contribution in [0.3, 0.4) is 0 Å². The number of hydrogen-bond donors (Lipinski definition) is 1. The standard InChI is InChI=1S/C19H17N3O3/c23-19(14-6-7-17-18(12-14)25-11-3-10-24-17)21-15-4-1-2-5-16(15)22-9-8-20-13-22/h1-2,4-9,12-13H,3,10-11H2,(H,21,23). The minimum Gasteiger partial charge on any atom is -0.490 e. The number of rotatable bonds is 3. The molecule has 126 valence electrons. The number of amides is 1. The van der Waals surface area contributed by atoms with Crippen LogP contribution in [0.15, 0.2) is 61.2 Å². The predicted octanol–water partition coefficient (Wildman–Crippen LogP) is 3.29. The SMILES string of the molecule is O=C(Nc1ccccc1-n1ccnc1)c1ccc2c(c1)OCCCO2. The number of hydrogen-bond acceptors (Lipinski definition) is 4. The molecule has 0 aliphatic carbocycles. The van der Waals surface area contributed by atoms with E-state index in [1.165, 1.54) is 0 Å². The van der Waals surface area contributed by atoms with Crippen molar-refractivity contribution in [1.29, 1.82) is 0 Å². The fourth-order valence-corrected chi connectivity index (χ4v) is 2.71. The molecule has 25 heavy (non-hydrogen) atoms. The summed E-state index contributed by atoms with van der Waals surface area (Å²) in [5, 5.41) is 2.95. The molecule has 0 unspecified atom stereocenters. The van der Waals surface area contributed by atoms with Crippen molar-refractivity contribution in [1.82, 2.24) is 9.55 Å². The molecule has 4 rings (SSSR count). The Kier molecular flexibility index (Phi) is 4.08. The zero-order valence-corrected chi connectivity index (χ0v) is 13.5. The first kappa shape index (κ1) is 15.3. The first-order chi connectivity index (χ1) is 12.3. The maximum atomic E-state index is 12.7. The van der Waals surface area contributed by atoms with Gasteiger partial charge in [-0.3, -0.25) is 4.79 Å². The van der Waals surface area contributed by atoms with Gasteiger partial charge in [-0.2, -0.15) is 0 Å². The summed E-state index contributed by atoms with van der Waals surface area (Å²) in [4.78, 5) is 16.7. The smallest absolute Gasteiger partial charge is 0.255 e. The Labute approximate surface area is 145 Å². The van der Waals surface area contributed by atoms with Gasteiger partial charge in [-0.1, -0.05) is 12.1 Å². The van der Waals surface area contributed by atoms with Crippen molar-refractivity contribution in [2.45, 2.75) is 6.42 Å². The van der Waals surface area contributed by atoms with Crippen molar-refractivity contribution >= 4 is 11.6 Å². The van der Waals surface area contributed by atoms with Crippen LogP contribution in [0.2, 0.25) is 0 Å². The lowest BCUT2D eigenvalue weighted by Crippen LogP contribution is -2.13. The minimum atomic E-state index is -0.205. The molecule has 0 bridgehead atoms. The molecular weight excluding hydrogens is 318 g/mol. The molecule has 3 aromatic rings. The summed E-state index contributed by atoms with van der Waals surface area (Å²) in [7, 11) is 0. The number of aromatic nitrogens is 2. The molecule has 1 aromatic heterocycles. The van der Waals surface area contributed by atoms with Crippen LogP contribution in [0.25, 0.3) is 5.69 Å². The van der Waals surface area contributed by atoms with Crippen molar-refractivity contribution in [2.75, 3.05) is 18.5 Å². The molecule has 1 amide bonds. The third-order valence-electron chi connectivity index (χ3n) is 3.94. The van der Waals surface area contributed by atoms with Crippen LogP contribution in [0, 0.1) is 0 Å². The summed E-state index contributed by atoms with van der Waals surface area (Å²) >= 11 is 0. The Morgan fingerprint density at radius 3 is 2.76 bits per heavy atom. The largest absolute Gasteiger partial charge is 0.490 e. The fraction of sp³-hybridized carbons (Fsp3) is 0.158. The molecule has 6 nitrogen and oxygen atoms in total. The Hall–Kier alpha value is -3.28. The maximum Gasteiger partial charge on any atom is 0.255 e.